The molecule has 0 atom stereocenters. The average molecular weight is 487 g/mol. The molecule has 8 nitrogen and oxygen atoms in total. The minimum Gasteiger partial charge on any atom is -0.490 e. The van der Waals surface area contributed by atoms with Gasteiger partial charge in [-0.05, 0) is 72.8 Å². The van der Waals surface area contributed by atoms with E-state index in [1.807, 2.05) is 84.9 Å². The Labute approximate surface area is 211 Å². The normalized spacial score (nSPS) is 10.2. The highest BCUT2D eigenvalue weighted by molar-refractivity contribution is 5.80. The maximum Gasteiger partial charge on any atom is 0.122 e. The fourth-order valence-corrected chi connectivity index (χ4v) is 2.76. The Bertz CT molecular complexity index is 1060. The van der Waals surface area contributed by atoms with Crippen LogP contribution in [0.2, 0.25) is 0 Å². The van der Waals surface area contributed by atoms with Gasteiger partial charge in [-0.2, -0.15) is 0 Å². The number of nitrogens with zero attached hydrogens (tertiary/aromatic N) is 4. The molecule has 0 spiro atoms. The SMILES string of the molecule is C(=Nc1ccc(OCCOc2ccc(N=Cc3ccccn3)cc2)cc1)c1ccccn1.CO.CO. The van der Waals surface area contributed by atoms with Gasteiger partial charge in [0.25, 0.3) is 0 Å². The molecule has 2 aromatic heterocycles. The van der Waals surface area contributed by atoms with Crippen molar-refractivity contribution >= 4 is 23.8 Å². The number of aromatic nitrogens is 2. The molecule has 0 aliphatic carbocycles. The summed E-state index contributed by atoms with van der Waals surface area (Å²) in [5.41, 5.74) is 3.31. The number of aliphatic hydroxyl groups excluding tert-OH is 2. The molecule has 2 N–H and O–H groups in total. The molecule has 8 heteroatoms. The molecule has 186 valence electrons. The largest absolute Gasteiger partial charge is 0.490 e. The van der Waals surface area contributed by atoms with Crippen LogP contribution in [0.15, 0.2) is 107 Å². The lowest BCUT2D eigenvalue weighted by molar-refractivity contribution is 0.217. The Balaban J connectivity index is 0.00000109. The summed E-state index contributed by atoms with van der Waals surface area (Å²) in [4.78, 5) is 17.3. The van der Waals surface area contributed by atoms with Gasteiger partial charge in [-0.25, -0.2) is 0 Å². The first-order chi connectivity index (χ1) is 17.8. The smallest absolute Gasteiger partial charge is 0.122 e. The predicted molar refractivity (Wildman–Crippen MR) is 143 cm³/mol. The highest BCUT2D eigenvalue weighted by atomic mass is 16.5. The van der Waals surface area contributed by atoms with Gasteiger partial charge in [0.05, 0.1) is 35.2 Å². The molecule has 0 fully saturated rings. The van der Waals surface area contributed by atoms with Crippen molar-refractivity contribution in [1.82, 2.24) is 9.97 Å². The van der Waals surface area contributed by atoms with Crippen molar-refractivity contribution < 1.29 is 19.7 Å². The zero-order valence-electron chi connectivity index (χ0n) is 20.3. The van der Waals surface area contributed by atoms with Gasteiger partial charge in [0, 0.05) is 26.6 Å². The van der Waals surface area contributed by atoms with Crippen molar-refractivity contribution in [2.75, 3.05) is 27.4 Å². The number of aliphatic imine (C=N–C) groups is 2. The lowest BCUT2D eigenvalue weighted by Crippen LogP contribution is -2.08. The first-order valence-electron chi connectivity index (χ1n) is 11.1. The van der Waals surface area contributed by atoms with Crippen LogP contribution in [-0.2, 0) is 0 Å². The molecule has 0 saturated heterocycles. The molecule has 0 bridgehead atoms. The van der Waals surface area contributed by atoms with Crippen molar-refractivity contribution in [2.24, 2.45) is 9.98 Å². The summed E-state index contributed by atoms with van der Waals surface area (Å²) < 4.78 is 11.5. The van der Waals surface area contributed by atoms with Gasteiger partial charge in [-0.3, -0.25) is 20.0 Å². The highest BCUT2D eigenvalue weighted by Gasteiger charge is 1.98. The molecule has 0 aliphatic rings. The molecule has 36 heavy (non-hydrogen) atoms. The third kappa shape index (κ3) is 10.3. The molecule has 2 aromatic carbocycles. The maximum atomic E-state index is 7.00. The van der Waals surface area contributed by atoms with Crippen LogP contribution in [0.1, 0.15) is 11.4 Å². The van der Waals surface area contributed by atoms with Gasteiger partial charge in [0.2, 0.25) is 0 Å². The lowest BCUT2D eigenvalue weighted by Gasteiger charge is -2.08. The molecule has 2 heterocycles. The topological polar surface area (TPSA) is 109 Å². The van der Waals surface area contributed by atoms with Crippen molar-refractivity contribution in [3.8, 4) is 11.5 Å². The number of ether oxygens (including phenoxy) is 2. The minimum atomic E-state index is 0.441. The summed E-state index contributed by atoms with van der Waals surface area (Å²) in [6.07, 6.45) is 6.95. The molecule has 0 amide bonds. The molecule has 0 radical (unpaired) electrons. The van der Waals surface area contributed by atoms with Crippen molar-refractivity contribution in [2.45, 2.75) is 0 Å². The molecule has 4 aromatic rings. The van der Waals surface area contributed by atoms with E-state index < -0.39 is 0 Å². The van der Waals surface area contributed by atoms with E-state index in [4.69, 9.17) is 19.7 Å². The number of rotatable bonds is 9. The van der Waals surface area contributed by atoms with Crippen LogP contribution in [0.25, 0.3) is 0 Å². The van der Waals surface area contributed by atoms with Gasteiger partial charge in [-0.1, -0.05) is 12.1 Å². The zero-order valence-corrected chi connectivity index (χ0v) is 20.3. The van der Waals surface area contributed by atoms with Crippen LogP contribution in [-0.4, -0.2) is 60.0 Å². The molecule has 0 aliphatic heterocycles. The van der Waals surface area contributed by atoms with E-state index in [9.17, 15) is 0 Å². The van der Waals surface area contributed by atoms with Crippen molar-refractivity contribution in [1.29, 1.82) is 0 Å². The van der Waals surface area contributed by atoms with Gasteiger partial charge >= 0.3 is 0 Å². The van der Waals surface area contributed by atoms with Crippen LogP contribution in [0.3, 0.4) is 0 Å². The Kier molecular flexibility index (Phi) is 13.2. The number of aliphatic hydroxyl groups is 2. The Morgan fingerprint density at radius 3 is 1.31 bits per heavy atom. The monoisotopic (exact) mass is 486 g/mol. The fraction of sp³-hybridized carbons (Fsp3) is 0.143. The summed E-state index contributed by atoms with van der Waals surface area (Å²) in [6, 6.07) is 26.6. The van der Waals surface area contributed by atoms with E-state index in [0.29, 0.717) is 13.2 Å². The molecule has 0 unspecified atom stereocenters. The van der Waals surface area contributed by atoms with Crippen LogP contribution in [0, 0.1) is 0 Å². The third-order valence-electron chi connectivity index (χ3n) is 4.36. The van der Waals surface area contributed by atoms with Crippen molar-refractivity contribution in [3.63, 3.8) is 0 Å². The predicted octanol–water partition coefficient (Wildman–Crippen LogP) is 4.65. The van der Waals surface area contributed by atoms with E-state index in [-0.39, 0.29) is 0 Å². The maximum absolute atomic E-state index is 7.00. The Morgan fingerprint density at radius 2 is 0.972 bits per heavy atom. The van der Waals surface area contributed by atoms with Crippen LogP contribution in [0.4, 0.5) is 11.4 Å². The summed E-state index contributed by atoms with van der Waals surface area (Å²) in [5.74, 6) is 1.54. The van der Waals surface area contributed by atoms with Gasteiger partial charge < -0.3 is 19.7 Å². The highest BCUT2D eigenvalue weighted by Crippen LogP contribution is 2.19. The van der Waals surface area contributed by atoms with Crippen molar-refractivity contribution in [3.05, 3.63) is 109 Å². The number of hydrogen-bond donors (Lipinski definition) is 2. The van der Waals surface area contributed by atoms with Crippen LogP contribution < -0.4 is 9.47 Å². The third-order valence-corrected chi connectivity index (χ3v) is 4.36. The summed E-state index contributed by atoms with van der Waals surface area (Å²) in [5, 5.41) is 14.0. The molecule has 4 rings (SSSR count). The van der Waals surface area contributed by atoms with Gasteiger partial charge in [0.15, 0.2) is 0 Å². The number of benzene rings is 2. The molecular formula is C28H30N4O4. The molecular weight excluding hydrogens is 456 g/mol. The quantitative estimate of drug-likeness (QED) is 0.263. The lowest BCUT2D eigenvalue weighted by atomic mass is 10.3. The minimum absolute atomic E-state index is 0.441. The van der Waals surface area contributed by atoms with Crippen LogP contribution >= 0.6 is 0 Å². The summed E-state index contributed by atoms with van der Waals surface area (Å²) in [6.45, 7) is 0.881. The fourth-order valence-electron chi connectivity index (χ4n) is 2.76. The van der Waals surface area contributed by atoms with E-state index in [0.717, 1.165) is 48.5 Å². The van der Waals surface area contributed by atoms with E-state index in [1.165, 1.54) is 0 Å². The second-order valence-electron chi connectivity index (χ2n) is 6.71. The number of pyridine rings is 2. The first kappa shape index (κ1) is 27.8. The first-order valence-corrected chi connectivity index (χ1v) is 11.1. The standard InChI is InChI=1S/C26H22N4O2.2CH4O/c1-3-15-27-23(5-1)19-29-21-7-11-25(12-8-21)31-17-18-32-26-13-9-22(10-14-26)30-20-24-6-2-4-16-28-24;2*1-2/h1-16,19-20H,17-18H2;2*2H,1H3. The second kappa shape index (κ2) is 17.1. The number of hydrogen-bond acceptors (Lipinski definition) is 8. The second-order valence-corrected chi connectivity index (χ2v) is 6.71. The van der Waals surface area contributed by atoms with E-state index in [2.05, 4.69) is 20.0 Å². The zero-order chi connectivity index (χ0) is 25.8. The van der Waals surface area contributed by atoms with E-state index >= 15 is 0 Å². The van der Waals surface area contributed by atoms with Gasteiger partial charge in [-0.15, -0.1) is 0 Å². The Morgan fingerprint density at radius 1 is 0.583 bits per heavy atom. The summed E-state index contributed by atoms with van der Waals surface area (Å²) >= 11 is 0. The Hall–Kier alpha value is -4.40. The average Bonchev–Trinajstić information content (AvgIpc) is 2.97. The molecule has 0 saturated carbocycles. The van der Waals surface area contributed by atoms with E-state index in [1.54, 1.807) is 24.8 Å². The van der Waals surface area contributed by atoms with Gasteiger partial charge in [0.1, 0.15) is 24.7 Å². The van der Waals surface area contributed by atoms with Crippen LogP contribution in [0.5, 0.6) is 11.5 Å². The summed E-state index contributed by atoms with van der Waals surface area (Å²) in [7, 11) is 2.00.